The molecule has 3 aromatic rings. The van der Waals surface area contributed by atoms with Gasteiger partial charge in [0.25, 0.3) is 5.91 Å². The maximum Gasteiger partial charge on any atom is 0.274 e. The molecule has 0 unspecified atom stereocenters. The fourth-order valence-electron chi connectivity index (χ4n) is 2.88. The fraction of sp³-hybridized carbons (Fsp3) is 0.143. The molecule has 2 aromatic carbocycles. The summed E-state index contributed by atoms with van der Waals surface area (Å²) in [7, 11) is 0. The lowest BCUT2D eigenvalue weighted by Crippen LogP contribution is -2.14. The van der Waals surface area contributed by atoms with Gasteiger partial charge in [0.15, 0.2) is 11.5 Å². The van der Waals surface area contributed by atoms with E-state index in [2.05, 4.69) is 15.6 Å². The minimum Gasteiger partial charge on any atom is -0.454 e. The second kappa shape index (κ2) is 8.19. The Kier molecular flexibility index (Phi) is 5.30. The molecule has 4 rings (SSSR count). The van der Waals surface area contributed by atoms with Gasteiger partial charge in [0.1, 0.15) is 5.69 Å². The number of benzene rings is 2. The van der Waals surface area contributed by atoms with Gasteiger partial charge in [-0.15, -0.1) is 0 Å². The number of halogens is 1. The van der Waals surface area contributed by atoms with Gasteiger partial charge in [-0.1, -0.05) is 23.7 Å². The molecule has 0 fully saturated rings. The first kappa shape index (κ1) is 18.1. The normalized spacial score (nSPS) is 11.9. The minimum atomic E-state index is -0.294. The molecule has 0 saturated carbocycles. The molecule has 0 atom stereocenters. The lowest BCUT2D eigenvalue weighted by atomic mass is 10.1. The highest BCUT2D eigenvalue weighted by atomic mass is 35.5. The second-order valence-corrected chi connectivity index (χ2v) is 6.70. The second-order valence-electron chi connectivity index (χ2n) is 6.26. The first-order valence-electron chi connectivity index (χ1n) is 8.83. The number of hydrogen-bond acceptors (Lipinski definition) is 5. The van der Waals surface area contributed by atoms with E-state index in [0.29, 0.717) is 29.4 Å². The Hall–Kier alpha value is -3.25. The molecular weight excluding hydrogens is 378 g/mol. The molecule has 1 aliphatic rings. The molecule has 1 aliphatic heterocycles. The number of amides is 1. The Balaban J connectivity index is 1.36. The van der Waals surface area contributed by atoms with Crippen LogP contribution in [0.3, 0.4) is 0 Å². The first-order valence-corrected chi connectivity index (χ1v) is 9.20. The van der Waals surface area contributed by atoms with E-state index in [4.69, 9.17) is 21.1 Å². The van der Waals surface area contributed by atoms with Gasteiger partial charge in [-0.05, 0) is 48.4 Å². The lowest BCUT2D eigenvalue weighted by Gasteiger charge is -2.09. The molecule has 0 spiro atoms. The van der Waals surface area contributed by atoms with Crippen LogP contribution in [0.15, 0.2) is 60.8 Å². The zero-order chi connectivity index (χ0) is 19.3. The summed E-state index contributed by atoms with van der Waals surface area (Å²) in [5.41, 5.74) is 2.92. The van der Waals surface area contributed by atoms with Crippen molar-refractivity contribution in [2.75, 3.05) is 24.0 Å². The standard InChI is InChI=1S/C21H18ClN3O3/c22-15-3-1-2-14(10-15)6-8-23-16-7-9-24-18(11-16)21(26)25-17-4-5-19-20(12-17)28-13-27-19/h1-5,7,9-12H,6,8,13H2,(H,23,24)(H,25,26). The summed E-state index contributed by atoms with van der Waals surface area (Å²) in [6, 6.07) is 16.6. The Labute approximate surface area is 167 Å². The number of fused-ring (bicyclic) bond motifs is 1. The maximum atomic E-state index is 12.5. The summed E-state index contributed by atoms with van der Waals surface area (Å²) in [6.45, 7) is 0.908. The third kappa shape index (κ3) is 4.35. The van der Waals surface area contributed by atoms with Crippen molar-refractivity contribution in [2.24, 2.45) is 0 Å². The third-order valence-corrected chi connectivity index (χ3v) is 4.49. The van der Waals surface area contributed by atoms with E-state index in [1.54, 1.807) is 30.5 Å². The van der Waals surface area contributed by atoms with Gasteiger partial charge < -0.3 is 20.1 Å². The Morgan fingerprint density at radius 2 is 1.93 bits per heavy atom. The highest BCUT2D eigenvalue weighted by Gasteiger charge is 2.15. The summed E-state index contributed by atoms with van der Waals surface area (Å²) in [6.07, 6.45) is 2.43. The summed E-state index contributed by atoms with van der Waals surface area (Å²) >= 11 is 6.01. The summed E-state index contributed by atoms with van der Waals surface area (Å²) in [4.78, 5) is 16.7. The van der Waals surface area contributed by atoms with Gasteiger partial charge in [-0.25, -0.2) is 0 Å². The smallest absolute Gasteiger partial charge is 0.274 e. The number of nitrogens with one attached hydrogen (secondary N) is 2. The van der Waals surface area contributed by atoms with Gasteiger partial charge in [0, 0.05) is 35.2 Å². The number of nitrogens with zero attached hydrogens (tertiary/aromatic N) is 1. The van der Waals surface area contributed by atoms with Crippen LogP contribution in [-0.2, 0) is 6.42 Å². The summed E-state index contributed by atoms with van der Waals surface area (Å²) < 4.78 is 10.6. The maximum absolute atomic E-state index is 12.5. The van der Waals surface area contributed by atoms with Crippen molar-refractivity contribution in [2.45, 2.75) is 6.42 Å². The monoisotopic (exact) mass is 395 g/mol. The molecule has 28 heavy (non-hydrogen) atoms. The average molecular weight is 396 g/mol. The van der Waals surface area contributed by atoms with Crippen LogP contribution in [0.1, 0.15) is 16.1 Å². The minimum absolute atomic E-state index is 0.192. The van der Waals surface area contributed by atoms with Crippen molar-refractivity contribution in [3.8, 4) is 11.5 Å². The lowest BCUT2D eigenvalue weighted by molar-refractivity contribution is 0.102. The van der Waals surface area contributed by atoms with Crippen LogP contribution < -0.4 is 20.1 Å². The largest absolute Gasteiger partial charge is 0.454 e. The quantitative estimate of drug-likeness (QED) is 0.648. The highest BCUT2D eigenvalue weighted by molar-refractivity contribution is 6.30. The number of ether oxygens (including phenoxy) is 2. The average Bonchev–Trinajstić information content (AvgIpc) is 3.16. The fourth-order valence-corrected chi connectivity index (χ4v) is 3.09. The number of carbonyl (C=O) groups excluding carboxylic acids is 1. The third-order valence-electron chi connectivity index (χ3n) is 4.25. The van der Waals surface area contributed by atoms with Crippen molar-refractivity contribution in [1.82, 2.24) is 4.98 Å². The first-order chi connectivity index (χ1) is 13.7. The zero-order valence-electron chi connectivity index (χ0n) is 14.9. The molecule has 2 N–H and O–H groups in total. The van der Waals surface area contributed by atoms with E-state index >= 15 is 0 Å². The van der Waals surface area contributed by atoms with Crippen molar-refractivity contribution < 1.29 is 14.3 Å². The molecule has 0 aliphatic carbocycles. The zero-order valence-corrected chi connectivity index (χ0v) is 15.7. The number of pyridine rings is 1. The van der Waals surface area contributed by atoms with Crippen LogP contribution in [0, 0.1) is 0 Å². The van der Waals surface area contributed by atoms with E-state index in [0.717, 1.165) is 22.7 Å². The summed E-state index contributed by atoms with van der Waals surface area (Å²) in [5, 5.41) is 6.86. The molecular formula is C21H18ClN3O3. The Morgan fingerprint density at radius 3 is 2.82 bits per heavy atom. The van der Waals surface area contributed by atoms with Gasteiger partial charge in [0.2, 0.25) is 6.79 Å². The van der Waals surface area contributed by atoms with Crippen LogP contribution in [-0.4, -0.2) is 24.2 Å². The molecule has 2 heterocycles. The SMILES string of the molecule is O=C(Nc1ccc2c(c1)OCO2)c1cc(NCCc2cccc(Cl)c2)ccn1. The van der Waals surface area contributed by atoms with Gasteiger partial charge in [-0.3, -0.25) is 9.78 Å². The topological polar surface area (TPSA) is 72.5 Å². The molecule has 1 amide bonds. The van der Waals surface area contributed by atoms with Crippen LogP contribution >= 0.6 is 11.6 Å². The van der Waals surface area contributed by atoms with Crippen molar-refractivity contribution >= 4 is 28.9 Å². The molecule has 6 nitrogen and oxygen atoms in total. The van der Waals surface area contributed by atoms with Crippen molar-refractivity contribution in [3.63, 3.8) is 0 Å². The predicted molar refractivity (Wildman–Crippen MR) is 108 cm³/mol. The molecule has 1 aromatic heterocycles. The van der Waals surface area contributed by atoms with E-state index in [9.17, 15) is 4.79 Å². The Morgan fingerprint density at radius 1 is 1.04 bits per heavy atom. The molecule has 7 heteroatoms. The van der Waals surface area contributed by atoms with Crippen LogP contribution in [0.2, 0.25) is 5.02 Å². The molecule has 0 radical (unpaired) electrons. The van der Waals surface area contributed by atoms with Crippen molar-refractivity contribution in [3.05, 3.63) is 77.1 Å². The highest BCUT2D eigenvalue weighted by Crippen LogP contribution is 2.34. The summed E-state index contributed by atoms with van der Waals surface area (Å²) in [5.74, 6) is 0.988. The van der Waals surface area contributed by atoms with Gasteiger partial charge >= 0.3 is 0 Å². The van der Waals surface area contributed by atoms with Gasteiger partial charge in [-0.2, -0.15) is 0 Å². The van der Waals surface area contributed by atoms with E-state index < -0.39 is 0 Å². The van der Waals surface area contributed by atoms with Crippen molar-refractivity contribution in [1.29, 1.82) is 0 Å². The van der Waals surface area contributed by atoms with Crippen LogP contribution in [0.4, 0.5) is 11.4 Å². The van der Waals surface area contributed by atoms with Crippen LogP contribution in [0.25, 0.3) is 0 Å². The number of aromatic nitrogens is 1. The molecule has 142 valence electrons. The van der Waals surface area contributed by atoms with Crippen LogP contribution in [0.5, 0.6) is 11.5 Å². The molecule has 0 saturated heterocycles. The Bertz CT molecular complexity index is 1010. The van der Waals surface area contributed by atoms with E-state index in [1.165, 1.54) is 0 Å². The van der Waals surface area contributed by atoms with E-state index in [-0.39, 0.29) is 12.7 Å². The number of anilines is 2. The number of carbonyl (C=O) groups is 1. The number of rotatable bonds is 6. The molecule has 0 bridgehead atoms. The van der Waals surface area contributed by atoms with Gasteiger partial charge in [0.05, 0.1) is 0 Å². The van der Waals surface area contributed by atoms with E-state index in [1.807, 2.05) is 30.3 Å². The predicted octanol–water partition coefficient (Wildman–Crippen LogP) is 4.37. The number of hydrogen-bond donors (Lipinski definition) is 2.